The molecule has 1 saturated heterocycles. The second kappa shape index (κ2) is 4.57. The van der Waals surface area contributed by atoms with Crippen LogP contribution < -0.4 is 0 Å². The highest BCUT2D eigenvalue weighted by molar-refractivity contribution is 5.92. The van der Waals surface area contributed by atoms with Crippen molar-refractivity contribution in [1.29, 1.82) is 0 Å². The summed E-state index contributed by atoms with van der Waals surface area (Å²) in [5.41, 5.74) is -0.925. The van der Waals surface area contributed by atoms with E-state index in [1.807, 2.05) is 13.8 Å². The highest BCUT2D eigenvalue weighted by Crippen LogP contribution is 2.68. The molecule has 2 heterocycles. The Morgan fingerprint density at radius 1 is 1.45 bits per heavy atom. The van der Waals surface area contributed by atoms with Crippen molar-refractivity contribution in [2.24, 2.45) is 11.3 Å². The third-order valence-electron chi connectivity index (χ3n) is 4.86. The van der Waals surface area contributed by atoms with Crippen LogP contribution in [0.2, 0.25) is 0 Å². The SMILES string of the molecule is CC(=O)OC(CC1=CC(C)OC1=O)C12CC1C(C)(C)OC2=O. The molecule has 2 aliphatic heterocycles. The molecule has 3 rings (SSSR count). The van der Waals surface area contributed by atoms with Crippen molar-refractivity contribution in [3.8, 4) is 0 Å². The van der Waals surface area contributed by atoms with E-state index in [0.29, 0.717) is 12.0 Å². The van der Waals surface area contributed by atoms with Gasteiger partial charge in [-0.05, 0) is 33.3 Å². The van der Waals surface area contributed by atoms with E-state index in [1.54, 1.807) is 13.0 Å². The third-order valence-corrected chi connectivity index (χ3v) is 4.86. The number of carbonyl (C=O) groups excluding carboxylic acids is 3. The van der Waals surface area contributed by atoms with Crippen LogP contribution in [0.1, 0.15) is 40.5 Å². The van der Waals surface area contributed by atoms with E-state index in [0.717, 1.165) is 0 Å². The van der Waals surface area contributed by atoms with Gasteiger partial charge in [-0.2, -0.15) is 0 Å². The van der Waals surface area contributed by atoms with Crippen LogP contribution in [0.4, 0.5) is 0 Å². The predicted molar refractivity (Wildman–Crippen MR) is 74.5 cm³/mol. The fourth-order valence-electron chi connectivity index (χ4n) is 3.77. The van der Waals surface area contributed by atoms with E-state index < -0.39 is 29.1 Å². The fourth-order valence-corrected chi connectivity index (χ4v) is 3.77. The first-order valence-corrected chi connectivity index (χ1v) is 7.49. The number of rotatable bonds is 4. The molecule has 0 bridgehead atoms. The second-order valence-electron chi connectivity index (χ2n) is 6.89. The minimum absolute atomic E-state index is 0.00676. The zero-order valence-corrected chi connectivity index (χ0v) is 13.2. The van der Waals surface area contributed by atoms with Gasteiger partial charge in [-0.3, -0.25) is 9.59 Å². The summed E-state index contributed by atoms with van der Waals surface area (Å²) < 4.78 is 15.9. The number of hydrogen-bond donors (Lipinski definition) is 0. The van der Waals surface area contributed by atoms with Gasteiger partial charge >= 0.3 is 17.9 Å². The average molecular weight is 308 g/mol. The molecule has 0 radical (unpaired) electrons. The van der Waals surface area contributed by atoms with Crippen molar-refractivity contribution >= 4 is 17.9 Å². The molecule has 4 unspecified atom stereocenters. The van der Waals surface area contributed by atoms with Crippen LogP contribution in [0, 0.1) is 11.3 Å². The van der Waals surface area contributed by atoms with Gasteiger partial charge in [0.1, 0.15) is 23.2 Å². The van der Waals surface area contributed by atoms with E-state index in [2.05, 4.69) is 0 Å². The van der Waals surface area contributed by atoms with Gasteiger partial charge < -0.3 is 14.2 Å². The Hall–Kier alpha value is -1.85. The molecule has 4 atom stereocenters. The van der Waals surface area contributed by atoms with Crippen LogP contribution in [0.25, 0.3) is 0 Å². The minimum atomic E-state index is -0.817. The lowest BCUT2D eigenvalue weighted by atomic mass is 9.88. The van der Waals surface area contributed by atoms with Gasteiger partial charge in [0.2, 0.25) is 0 Å². The summed E-state index contributed by atoms with van der Waals surface area (Å²) in [4.78, 5) is 35.6. The summed E-state index contributed by atoms with van der Waals surface area (Å²) in [6.07, 6.45) is 1.53. The lowest BCUT2D eigenvalue weighted by Crippen LogP contribution is -2.34. The quantitative estimate of drug-likeness (QED) is 0.579. The predicted octanol–water partition coefficient (Wildman–Crippen LogP) is 1.52. The Morgan fingerprint density at radius 3 is 2.55 bits per heavy atom. The smallest absolute Gasteiger partial charge is 0.334 e. The standard InChI is InChI=1S/C16H20O6/c1-8-5-10(13(18)20-8)6-12(21-9(2)17)16-7-11(16)15(3,4)22-14(16)19/h5,8,11-12H,6-7H2,1-4H3. The van der Waals surface area contributed by atoms with Gasteiger partial charge in [-0.15, -0.1) is 0 Å². The highest BCUT2D eigenvalue weighted by Gasteiger charge is 2.77. The summed E-state index contributed by atoms with van der Waals surface area (Å²) >= 11 is 0. The molecule has 120 valence electrons. The number of hydrogen-bond acceptors (Lipinski definition) is 6. The van der Waals surface area contributed by atoms with Crippen molar-refractivity contribution in [1.82, 2.24) is 0 Å². The van der Waals surface area contributed by atoms with E-state index >= 15 is 0 Å². The first-order chi connectivity index (χ1) is 10.2. The molecule has 0 aromatic heterocycles. The Morgan fingerprint density at radius 2 is 2.14 bits per heavy atom. The maximum absolute atomic E-state index is 12.3. The molecule has 0 amide bonds. The minimum Gasteiger partial charge on any atom is -0.461 e. The topological polar surface area (TPSA) is 78.9 Å². The third kappa shape index (κ3) is 2.12. The molecule has 1 saturated carbocycles. The van der Waals surface area contributed by atoms with Crippen molar-refractivity contribution in [3.05, 3.63) is 11.6 Å². The van der Waals surface area contributed by atoms with Gasteiger partial charge in [-0.1, -0.05) is 0 Å². The zero-order valence-electron chi connectivity index (χ0n) is 13.2. The highest BCUT2D eigenvalue weighted by atomic mass is 16.6. The molecule has 0 spiro atoms. The van der Waals surface area contributed by atoms with Crippen molar-refractivity contribution in [3.63, 3.8) is 0 Å². The molecule has 0 aromatic carbocycles. The fraction of sp³-hybridized carbons (Fsp3) is 0.688. The molecule has 6 nitrogen and oxygen atoms in total. The summed E-state index contributed by atoms with van der Waals surface area (Å²) in [6.45, 7) is 6.79. The second-order valence-corrected chi connectivity index (χ2v) is 6.89. The monoisotopic (exact) mass is 308 g/mol. The lowest BCUT2D eigenvalue weighted by molar-refractivity contribution is -0.162. The Bertz CT molecular complexity index is 589. The molecule has 6 heteroatoms. The maximum Gasteiger partial charge on any atom is 0.334 e. The number of cyclic esters (lactones) is 2. The molecular weight excluding hydrogens is 288 g/mol. The van der Waals surface area contributed by atoms with Crippen molar-refractivity contribution < 1.29 is 28.6 Å². The van der Waals surface area contributed by atoms with Crippen LogP contribution >= 0.6 is 0 Å². The maximum atomic E-state index is 12.3. The first kappa shape index (κ1) is 15.1. The lowest BCUT2D eigenvalue weighted by Gasteiger charge is -2.22. The molecule has 0 N–H and O–H groups in total. The van der Waals surface area contributed by atoms with Crippen LogP contribution in [0.5, 0.6) is 0 Å². The number of carbonyl (C=O) groups is 3. The van der Waals surface area contributed by atoms with Crippen LogP contribution in [0.15, 0.2) is 11.6 Å². The molecular formula is C16H20O6. The first-order valence-electron chi connectivity index (χ1n) is 7.49. The van der Waals surface area contributed by atoms with Gasteiger partial charge in [0.15, 0.2) is 0 Å². The average Bonchev–Trinajstić information content (AvgIpc) is 3.01. The normalized spacial score (nSPS) is 36.1. The summed E-state index contributed by atoms with van der Waals surface area (Å²) in [7, 11) is 0. The zero-order chi connectivity index (χ0) is 16.3. The van der Waals surface area contributed by atoms with Crippen LogP contribution in [-0.2, 0) is 28.6 Å². The summed E-state index contributed by atoms with van der Waals surface area (Å²) in [5.74, 6) is -1.22. The van der Waals surface area contributed by atoms with Gasteiger partial charge in [0, 0.05) is 24.8 Å². The van der Waals surface area contributed by atoms with Crippen LogP contribution in [-0.4, -0.2) is 35.7 Å². The molecule has 2 fully saturated rings. The molecule has 1 aliphatic carbocycles. The molecule has 22 heavy (non-hydrogen) atoms. The van der Waals surface area contributed by atoms with Gasteiger partial charge in [0.25, 0.3) is 0 Å². The summed E-state index contributed by atoms with van der Waals surface area (Å²) in [6, 6.07) is 0. The van der Waals surface area contributed by atoms with Crippen molar-refractivity contribution in [2.75, 3.05) is 0 Å². The number of esters is 3. The Kier molecular flexibility index (Phi) is 3.13. The summed E-state index contributed by atoms with van der Waals surface area (Å²) in [5, 5.41) is 0. The van der Waals surface area contributed by atoms with Gasteiger partial charge in [-0.25, -0.2) is 4.79 Å². The number of fused-ring (bicyclic) bond motifs is 1. The van der Waals surface area contributed by atoms with Gasteiger partial charge in [0.05, 0.1) is 0 Å². The van der Waals surface area contributed by atoms with Crippen molar-refractivity contribution in [2.45, 2.75) is 58.3 Å². The largest absolute Gasteiger partial charge is 0.461 e. The Labute approximate surface area is 128 Å². The molecule has 0 aromatic rings. The van der Waals surface area contributed by atoms with E-state index in [-0.39, 0.29) is 24.4 Å². The Balaban J connectivity index is 1.86. The molecule has 3 aliphatic rings. The van der Waals surface area contributed by atoms with E-state index in [4.69, 9.17) is 14.2 Å². The van der Waals surface area contributed by atoms with Crippen LogP contribution in [0.3, 0.4) is 0 Å². The van der Waals surface area contributed by atoms with E-state index in [9.17, 15) is 14.4 Å². The number of ether oxygens (including phenoxy) is 3. The van der Waals surface area contributed by atoms with E-state index in [1.165, 1.54) is 6.92 Å².